The summed E-state index contributed by atoms with van der Waals surface area (Å²) in [5, 5.41) is 9.05. The summed E-state index contributed by atoms with van der Waals surface area (Å²) in [6.07, 6.45) is 1.41. The summed E-state index contributed by atoms with van der Waals surface area (Å²) >= 11 is 0. The highest BCUT2D eigenvalue weighted by molar-refractivity contribution is 7.93. The Hall–Kier alpha value is -2.59. The summed E-state index contributed by atoms with van der Waals surface area (Å²) < 4.78 is 26.1. The van der Waals surface area contributed by atoms with E-state index in [4.69, 9.17) is 11.0 Å². The minimum Gasteiger partial charge on any atom is -0.383 e. The number of nitrogens with two attached hydrogens (primary N) is 1. The van der Waals surface area contributed by atoms with Gasteiger partial charge in [-0.2, -0.15) is 5.26 Å². The molecule has 0 saturated carbocycles. The van der Waals surface area contributed by atoms with E-state index in [0.717, 1.165) is 4.31 Å². The second-order valence-corrected chi connectivity index (χ2v) is 5.93. The predicted molar refractivity (Wildman–Crippen MR) is 75.4 cm³/mol. The Labute approximate surface area is 117 Å². The number of nitrogens with zero attached hydrogens (tertiary/aromatic N) is 3. The Morgan fingerprint density at radius 3 is 2.60 bits per heavy atom. The third-order valence-electron chi connectivity index (χ3n) is 2.80. The number of nitriles is 1. The Balaban J connectivity index is 2.56. The van der Waals surface area contributed by atoms with E-state index in [2.05, 4.69) is 4.98 Å². The van der Waals surface area contributed by atoms with Crippen LogP contribution in [0.3, 0.4) is 0 Å². The van der Waals surface area contributed by atoms with Crippen LogP contribution >= 0.6 is 0 Å². The average molecular weight is 288 g/mol. The molecule has 1 aromatic heterocycles. The van der Waals surface area contributed by atoms with Gasteiger partial charge in [0, 0.05) is 13.2 Å². The third kappa shape index (κ3) is 2.29. The van der Waals surface area contributed by atoms with Crippen LogP contribution in [0.25, 0.3) is 0 Å². The molecule has 0 atom stereocenters. The topological polar surface area (TPSA) is 100 Å². The quantitative estimate of drug-likeness (QED) is 0.919. The van der Waals surface area contributed by atoms with Gasteiger partial charge < -0.3 is 5.73 Å². The maximum absolute atomic E-state index is 12.5. The average Bonchev–Trinajstić information content (AvgIpc) is 2.46. The Kier molecular flexibility index (Phi) is 3.59. The minimum atomic E-state index is -3.86. The highest BCUT2D eigenvalue weighted by Gasteiger charge is 2.25. The predicted octanol–water partition coefficient (Wildman–Crippen LogP) is 1.36. The number of benzene rings is 1. The van der Waals surface area contributed by atoms with E-state index in [1.807, 2.05) is 6.07 Å². The summed E-state index contributed by atoms with van der Waals surface area (Å²) in [5.41, 5.74) is 6.17. The molecule has 2 rings (SSSR count). The monoisotopic (exact) mass is 288 g/mol. The molecular weight excluding hydrogens is 276 g/mol. The number of anilines is 2. The molecule has 6 nitrogen and oxygen atoms in total. The number of nitrogen functional groups attached to an aromatic ring is 1. The molecule has 1 heterocycles. The number of hydrogen-bond donors (Lipinski definition) is 1. The van der Waals surface area contributed by atoms with Gasteiger partial charge in [0.15, 0.2) is 0 Å². The van der Waals surface area contributed by atoms with Gasteiger partial charge >= 0.3 is 0 Å². The highest BCUT2D eigenvalue weighted by Crippen LogP contribution is 2.26. The molecule has 2 N–H and O–H groups in total. The smallest absolute Gasteiger partial charge is 0.267 e. The molecule has 102 valence electrons. The van der Waals surface area contributed by atoms with E-state index in [9.17, 15) is 8.42 Å². The van der Waals surface area contributed by atoms with Crippen molar-refractivity contribution in [3.63, 3.8) is 0 Å². The Bertz CT molecular complexity index is 781. The van der Waals surface area contributed by atoms with Crippen molar-refractivity contribution in [2.75, 3.05) is 17.1 Å². The fraction of sp³-hybridized carbons (Fsp3) is 0.0769. The molecule has 0 radical (unpaired) electrons. The second-order valence-electron chi connectivity index (χ2n) is 3.99. The minimum absolute atomic E-state index is 0.0752. The zero-order valence-corrected chi connectivity index (χ0v) is 11.5. The maximum Gasteiger partial charge on any atom is 0.267 e. The first-order valence-electron chi connectivity index (χ1n) is 5.67. The van der Waals surface area contributed by atoms with Crippen LogP contribution in [0.1, 0.15) is 5.56 Å². The molecule has 20 heavy (non-hydrogen) atoms. The van der Waals surface area contributed by atoms with Gasteiger partial charge in [-0.25, -0.2) is 13.4 Å². The number of pyridine rings is 1. The molecule has 0 aliphatic heterocycles. The molecule has 2 aromatic rings. The SMILES string of the molecule is CN(c1ccccc1C#N)S(=O)(=O)c1cccnc1N. The van der Waals surface area contributed by atoms with Gasteiger partial charge in [-0.15, -0.1) is 0 Å². The molecule has 0 fully saturated rings. The molecule has 7 heteroatoms. The summed E-state index contributed by atoms with van der Waals surface area (Å²) in [6.45, 7) is 0. The van der Waals surface area contributed by atoms with Crippen LogP contribution in [0.4, 0.5) is 11.5 Å². The molecule has 0 aliphatic rings. The van der Waals surface area contributed by atoms with Crippen LogP contribution in [0.15, 0.2) is 47.5 Å². The van der Waals surface area contributed by atoms with Gasteiger partial charge in [0.25, 0.3) is 10.0 Å². The van der Waals surface area contributed by atoms with Gasteiger partial charge in [-0.05, 0) is 24.3 Å². The zero-order valence-electron chi connectivity index (χ0n) is 10.7. The molecule has 0 amide bonds. The summed E-state index contributed by atoms with van der Waals surface area (Å²) in [7, 11) is -2.49. The standard InChI is InChI=1S/C13H12N4O2S/c1-17(11-6-3-2-5-10(11)9-14)20(18,19)12-7-4-8-16-13(12)15/h2-8H,1H3,(H2,15,16). The summed E-state index contributed by atoms with van der Waals surface area (Å²) in [5.74, 6) is -0.0752. The molecule has 1 aromatic carbocycles. The van der Waals surface area contributed by atoms with Crippen molar-refractivity contribution in [1.82, 2.24) is 4.98 Å². The van der Waals surface area contributed by atoms with Crippen molar-refractivity contribution < 1.29 is 8.42 Å². The van der Waals surface area contributed by atoms with Crippen LogP contribution < -0.4 is 10.0 Å². The molecule has 0 unspecified atom stereocenters. The van der Waals surface area contributed by atoms with E-state index in [0.29, 0.717) is 5.69 Å². The van der Waals surface area contributed by atoms with Gasteiger partial charge in [-0.3, -0.25) is 4.31 Å². The van der Waals surface area contributed by atoms with Gasteiger partial charge in [0.1, 0.15) is 16.8 Å². The van der Waals surface area contributed by atoms with E-state index in [-0.39, 0.29) is 16.3 Å². The van der Waals surface area contributed by atoms with Crippen LogP contribution in [0.2, 0.25) is 0 Å². The summed E-state index contributed by atoms with van der Waals surface area (Å²) in [4.78, 5) is 3.68. The van der Waals surface area contributed by atoms with Crippen LogP contribution in [-0.2, 0) is 10.0 Å². The van der Waals surface area contributed by atoms with Crippen LogP contribution in [0.5, 0.6) is 0 Å². The largest absolute Gasteiger partial charge is 0.383 e. The Morgan fingerprint density at radius 1 is 1.25 bits per heavy atom. The molecule has 0 aliphatic carbocycles. The maximum atomic E-state index is 12.5. The number of para-hydroxylation sites is 1. The number of aromatic nitrogens is 1. The van der Waals surface area contributed by atoms with Crippen molar-refractivity contribution in [2.45, 2.75) is 4.90 Å². The highest BCUT2D eigenvalue weighted by atomic mass is 32.2. The lowest BCUT2D eigenvalue weighted by atomic mass is 10.2. The molecule has 0 bridgehead atoms. The van der Waals surface area contributed by atoms with Crippen molar-refractivity contribution in [2.24, 2.45) is 0 Å². The molecule has 0 saturated heterocycles. The van der Waals surface area contributed by atoms with Crippen molar-refractivity contribution >= 4 is 21.5 Å². The Morgan fingerprint density at radius 2 is 1.95 bits per heavy atom. The second kappa shape index (κ2) is 5.19. The molecular formula is C13H12N4O2S. The van der Waals surface area contributed by atoms with Crippen molar-refractivity contribution in [1.29, 1.82) is 5.26 Å². The first-order valence-corrected chi connectivity index (χ1v) is 7.11. The van der Waals surface area contributed by atoms with Gasteiger partial charge in [-0.1, -0.05) is 12.1 Å². The number of sulfonamides is 1. The van der Waals surface area contributed by atoms with Crippen LogP contribution in [-0.4, -0.2) is 20.4 Å². The number of rotatable bonds is 3. The van der Waals surface area contributed by atoms with E-state index < -0.39 is 10.0 Å². The number of hydrogen-bond acceptors (Lipinski definition) is 5. The lowest BCUT2D eigenvalue weighted by Crippen LogP contribution is -2.28. The fourth-order valence-corrected chi connectivity index (χ4v) is 3.02. The third-order valence-corrected chi connectivity index (χ3v) is 4.62. The first kappa shape index (κ1) is 13.8. The van der Waals surface area contributed by atoms with Crippen LogP contribution in [0, 0.1) is 11.3 Å². The fourth-order valence-electron chi connectivity index (χ4n) is 1.74. The van der Waals surface area contributed by atoms with E-state index in [1.54, 1.807) is 24.3 Å². The van der Waals surface area contributed by atoms with E-state index in [1.165, 1.54) is 25.4 Å². The zero-order chi connectivity index (χ0) is 14.8. The lowest BCUT2D eigenvalue weighted by molar-refractivity contribution is 0.594. The summed E-state index contributed by atoms with van der Waals surface area (Å²) in [6, 6.07) is 11.3. The van der Waals surface area contributed by atoms with Gasteiger partial charge in [0.2, 0.25) is 0 Å². The van der Waals surface area contributed by atoms with Crippen molar-refractivity contribution in [3.8, 4) is 6.07 Å². The normalized spacial score (nSPS) is 10.8. The molecule has 0 spiro atoms. The van der Waals surface area contributed by atoms with E-state index >= 15 is 0 Å². The van der Waals surface area contributed by atoms with Crippen molar-refractivity contribution in [3.05, 3.63) is 48.2 Å². The lowest BCUT2D eigenvalue weighted by Gasteiger charge is -2.20. The van der Waals surface area contributed by atoms with Gasteiger partial charge in [0.05, 0.1) is 11.3 Å². The first-order chi connectivity index (χ1) is 9.48.